The monoisotopic (exact) mass is 224 g/mol. The molecule has 1 aliphatic rings. The van der Waals surface area contributed by atoms with Gasteiger partial charge in [0.2, 0.25) is 0 Å². The van der Waals surface area contributed by atoms with Gasteiger partial charge in [0.15, 0.2) is 0 Å². The van der Waals surface area contributed by atoms with E-state index in [4.69, 9.17) is 5.11 Å². The number of hydrogen-bond donors (Lipinski definition) is 2. The minimum atomic E-state index is -1.19. The van der Waals surface area contributed by atoms with Crippen LogP contribution in [0.15, 0.2) is 18.2 Å². The summed E-state index contributed by atoms with van der Waals surface area (Å²) in [6, 6.07) is 2.85. The van der Waals surface area contributed by atoms with Crippen LogP contribution < -0.4 is 10.2 Å². The van der Waals surface area contributed by atoms with Crippen molar-refractivity contribution in [2.75, 3.05) is 18.0 Å². The lowest BCUT2D eigenvalue weighted by Gasteiger charge is -2.16. The second kappa shape index (κ2) is 3.80. The van der Waals surface area contributed by atoms with Crippen LogP contribution in [0.1, 0.15) is 10.4 Å². The van der Waals surface area contributed by atoms with Crippen LogP contribution in [0.25, 0.3) is 0 Å². The molecule has 0 spiro atoms. The van der Waals surface area contributed by atoms with Gasteiger partial charge in [-0.05, 0) is 18.2 Å². The first-order chi connectivity index (χ1) is 7.59. The van der Waals surface area contributed by atoms with E-state index in [0.29, 0.717) is 13.1 Å². The van der Waals surface area contributed by atoms with Crippen LogP contribution in [0.3, 0.4) is 0 Å². The van der Waals surface area contributed by atoms with Gasteiger partial charge in [0.25, 0.3) is 0 Å². The molecule has 1 aromatic carbocycles. The number of carbonyl (C=O) groups is 2. The third-order valence-electron chi connectivity index (χ3n) is 2.34. The number of carboxylic acid groups (broad SMARTS) is 1. The summed E-state index contributed by atoms with van der Waals surface area (Å²) in [7, 11) is 0. The molecule has 0 radical (unpaired) electrons. The van der Waals surface area contributed by atoms with Crippen molar-refractivity contribution in [3.63, 3.8) is 0 Å². The number of anilines is 1. The number of halogens is 1. The van der Waals surface area contributed by atoms with Crippen LogP contribution in [0.2, 0.25) is 0 Å². The predicted molar refractivity (Wildman–Crippen MR) is 54.1 cm³/mol. The highest BCUT2D eigenvalue weighted by Gasteiger charge is 2.25. The molecule has 0 atom stereocenters. The molecular weight excluding hydrogens is 215 g/mol. The van der Waals surface area contributed by atoms with Crippen LogP contribution in [-0.4, -0.2) is 30.2 Å². The van der Waals surface area contributed by atoms with Gasteiger partial charge in [-0.1, -0.05) is 0 Å². The van der Waals surface area contributed by atoms with E-state index in [1.54, 1.807) is 0 Å². The van der Waals surface area contributed by atoms with E-state index in [0.717, 1.165) is 18.2 Å². The van der Waals surface area contributed by atoms with Gasteiger partial charge in [-0.25, -0.2) is 14.0 Å². The minimum absolute atomic E-state index is 0.0848. The van der Waals surface area contributed by atoms with Crippen LogP contribution in [0, 0.1) is 5.82 Å². The molecule has 1 saturated heterocycles. The van der Waals surface area contributed by atoms with Gasteiger partial charge < -0.3 is 10.4 Å². The molecule has 1 fully saturated rings. The Kier molecular flexibility index (Phi) is 2.47. The van der Waals surface area contributed by atoms with E-state index >= 15 is 0 Å². The first-order valence-electron chi connectivity index (χ1n) is 4.68. The Morgan fingerprint density at radius 3 is 2.81 bits per heavy atom. The quantitative estimate of drug-likeness (QED) is 0.788. The molecule has 1 aromatic rings. The highest BCUT2D eigenvalue weighted by molar-refractivity contribution is 6.02. The third kappa shape index (κ3) is 1.69. The fourth-order valence-electron chi connectivity index (χ4n) is 1.61. The molecule has 2 rings (SSSR count). The predicted octanol–water partition coefficient (Wildman–Crippen LogP) is 1.05. The molecule has 1 aliphatic heterocycles. The van der Waals surface area contributed by atoms with Gasteiger partial charge in [0.1, 0.15) is 5.82 Å². The van der Waals surface area contributed by atoms with Crippen molar-refractivity contribution in [3.05, 3.63) is 29.6 Å². The summed E-state index contributed by atoms with van der Waals surface area (Å²) in [4.78, 5) is 23.5. The maximum atomic E-state index is 13.0. The Bertz CT molecular complexity index is 461. The summed E-state index contributed by atoms with van der Waals surface area (Å²) in [5.41, 5.74) is 0.000880. The molecule has 1 heterocycles. The molecule has 2 N–H and O–H groups in total. The largest absolute Gasteiger partial charge is 0.478 e. The number of hydrogen-bond acceptors (Lipinski definition) is 2. The third-order valence-corrected chi connectivity index (χ3v) is 2.34. The zero-order chi connectivity index (χ0) is 11.7. The average Bonchev–Trinajstić information content (AvgIpc) is 2.63. The number of aromatic carboxylic acids is 1. The van der Waals surface area contributed by atoms with Crippen LogP contribution in [0.4, 0.5) is 14.9 Å². The fourth-order valence-corrected chi connectivity index (χ4v) is 1.61. The Balaban J connectivity index is 2.48. The number of carbonyl (C=O) groups excluding carboxylic acids is 1. The standard InChI is InChI=1S/C10H9FN2O3/c11-6-1-2-7(9(14)15)8(5-6)13-4-3-12-10(13)16/h1-2,5H,3-4H2,(H,12,16)(H,14,15). The number of carboxylic acids is 1. The summed E-state index contributed by atoms with van der Waals surface area (Å²) >= 11 is 0. The number of urea groups is 1. The SMILES string of the molecule is O=C(O)c1ccc(F)cc1N1CCNC1=O. The van der Waals surface area contributed by atoms with Crippen molar-refractivity contribution in [1.82, 2.24) is 5.32 Å². The molecule has 5 nitrogen and oxygen atoms in total. The number of nitrogens with one attached hydrogen (secondary N) is 1. The lowest BCUT2D eigenvalue weighted by molar-refractivity contribution is 0.0697. The zero-order valence-corrected chi connectivity index (χ0v) is 8.24. The van der Waals surface area contributed by atoms with E-state index < -0.39 is 17.8 Å². The second-order valence-electron chi connectivity index (χ2n) is 3.35. The van der Waals surface area contributed by atoms with Gasteiger partial charge in [0.05, 0.1) is 11.3 Å². The van der Waals surface area contributed by atoms with E-state index in [1.807, 2.05) is 0 Å². The van der Waals surface area contributed by atoms with Gasteiger partial charge in [-0.2, -0.15) is 0 Å². The summed E-state index contributed by atoms with van der Waals surface area (Å²) < 4.78 is 13.0. The zero-order valence-electron chi connectivity index (χ0n) is 8.24. The van der Waals surface area contributed by atoms with E-state index in [1.165, 1.54) is 4.90 Å². The number of amides is 2. The molecule has 0 aromatic heterocycles. The smallest absolute Gasteiger partial charge is 0.337 e. The first kappa shape index (κ1) is 10.4. The van der Waals surface area contributed by atoms with E-state index in [9.17, 15) is 14.0 Å². The lowest BCUT2D eigenvalue weighted by Crippen LogP contribution is -2.29. The second-order valence-corrected chi connectivity index (χ2v) is 3.35. The molecule has 2 amide bonds. The number of rotatable bonds is 2. The average molecular weight is 224 g/mol. The van der Waals surface area contributed by atoms with Crippen molar-refractivity contribution in [2.24, 2.45) is 0 Å². The Labute approximate surface area is 90.5 Å². The molecule has 6 heteroatoms. The minimum Gasteiger partial charge on any atom is -0.478 e. The maximum absolute atomic E-state index is 13.0. The summed E-state index contributed by atoms with van der Waals surface area (Å²) in [5.74, 6) is -1.76. The van der Waals surface area contributed by atoms with Crippen molar-refractivity contribution < 1.29 is 19.1 Å². The maximum Gasteiger partial charge on any atom is 0.337 e. The van der Waals surface area contributed by atoms with Crippen molar-refractivity contribution >= 4 is 17.7 Å². The van der Waals surface area contributed by atoms with Gasteiger partial charge >= 0.3 is 12.0 Å². The van der Waals surface area contributed by atoms with Gasteiger partial charge in [0, 0.05) is 13.1 Å². The van der Waals surface area contributed by atoms with Gasteiger partial charge in [-0.3, -0.25) is 4.90 Å². The van der Waals surface area contributed by atoms with Crippen molar-refractivity contribution in [3.8, 4) is 0 Å². The molecule has 0 aliphatic carbocycles. The molecule has 84 valence electrons. The lowest BCUT2D eigenvalue weighted by atomic mass is 10.1. The number of nitrogens with zero attached hydrogens (tertiary/aromatic N) is 1. The topological polar surface area (TPSA) is 69.6 Å². The Morgan fingerprint density at radius 2 is 2.25 bits per heavy atom. The van der Waals surface area contributed by atoms with Crippen LogP contribution in [-0.2, 0) is 0 Å². The Morgan fingerprint density at radius 1 is 1.50 bits per heavy atom. The van der Waals surface area contributed by atoms with E-state index in [2.05, 4.69) is 5.32 Å². The molecule has 0 saturated carbocycles. The Hall–Kier alpha value is -2.11. The van der Waals surface area contributed by atoms with Crippen LogP contribution in [0.5, 0.6) is 0 Å². The molecule has 0 unspecified atom stereocenters. The molecule has 16 heavy (non-hydrogen) atoms. The summed E-state index contributed by atoms with van der Waals surface area (Å²) in [6.45, 7) is 0.761. The first-order valence-corrected chi connectivity index (χ1v) is 4.68. The molecule has 0 bridgehead atoms. The normalized spacial score (nSPS) is 15.1. The highest BCUT2D eigenvalue weighted by atomic mass is 19.1. The molecular formula is C10H9FN2O3. The number of benzene rings is 1. The van der Waals surface area contributed by atoms with Gasteiger partial charge in [-0.15, -0.1) is 0 Å². The van der Waals surface area contributed by atoms with Crippen molar-refractivity contribution in [1.29, 1.82) is 0 Å². The summed E-state index contributed by atoms with van der Waals surface area (Å²) in [6.07, 6.45) is 0. The summed E-state index contributed by atoms with van der Waals surface area (Å²) in [5, 5.41) is 11.4. The van der Waals surface area contributed by atoms with Crippen molar-refractivity contribution in [2.45, 2.75) is 0 Å². The van der Waals surface area contributed by atoms with Crippen LogP contribution >= 0.6 is 0 Å². The highest BCUT2D eigenvalue weighted by Crippen LogP contribution is 2.23. The fraction of sp³-hybridized carbons (Fsp3) is 0.200. The van der Waals surface area contributed by atoms with E-state index in [-0.39, 0.29) is 11.3 Å².